The Hall–Kier alpha value is -2.24. The number of halogens is 2. The van der Waals surface area contributed by atoms with Crippen molar-refractivity contribution >= 4 is 40.8 Å². The summed E-state index contributed by atoms with van der Waals surface area (Å²) in [5, 5.41) is 4.21. The highest BCUT2D eigenvalue weighted by Gasteiger charge is 2.36. The molecule has 154 valence electrons. The second-order valence-corrected chi connectivity index (χ2v) is 8.09. The Labute approximate surface area is 181 Å². The molecule has 0 spiro atoms. The number of likely N-dealkylation sites (tertiary alicyclic amines) is 1. The van der Waals surface area contributed by atoms with Crippen LogP contribution in [0.25, 0.3) is 0 Å². The largest absolute Gasteiger partial charge is 0.337 e. The van der Waals surface area contributed by atoms with Gasteiger partial charge in [-0.3, -0.25) is 4.79 Å². The molecule has 5 nitrogen and oxygen atoms in total. The number of hydrogen-bond acceptors (Lipinski definition) is 2. The van der Waals surface area contributed by atoms with Crippen molar-refractivity contribution in [3.63, 3.8) is 0 Å². The second kappa shape index (κ2) is 9.51. The lowest BCUT2D eigenvalue weighted by Gasteiger charge is -2.30. The number of amides is 3. The number of aryl methyl sites for hydroxylation is 1. The number of rotatable bonds is 5. The summed E-state index contributed by atoms with van der Waals surface area (Å²) in [5.41, 5.74) is 2.59. The van der Waals surface area contributed by atoms with E-state index in [9.17, 15) is 9.59 Å². The molecule has 2 aromatic carbocycles. The summed E-state index contributed by atoms with van der Waals surface area (Å²) < 4.78 is 0. The first-order chi connectivity index (χ1) is 13.9. The zero-order chi connectivity index (χ0) is 21.0. The van der Waals surface area contributed by atoms with Gasteiger partial charge in [0.05, 0.1) is 0 Å². The fraction of sp³-hybridized carbons (Fsp3) is 0.364. The van der Waals surface area contributed by atoms with Gasteiger partial charge in [0.1, 0.15) is 6.04 Å². The molecule has 1 N–H and O–H groups in total. The van der Waals surface area contributed by atoms with E-state index in [1.165, 1.54) is 0 Å². The summed E-state index contributed by atoms with van der Waals surface area (Å²) in [6.07, 6.45) is 1.48. The molecule has 1 aliphatic rings. The fourth-order valence-electron chi connectivity index (χ4n) is 3.59. The van der Waals surface area contributed by atoms with Crippen molar-refractivity contribution in [2.45, 2.75) is 39.3 Å². The minimum atomic E-state index is -0.449. The van der Waals surface area contributed by atoms with Crippen molar-refractivity contribution in [3.05, 3.63) is 63.6 Å². The Morgan fingerprint density at radius 2 is 1.83 bits per heavy atom. The molecule has 1 aliphatic heterocycles. The van der Waals surface area contributed by atoms with Crippen LogP contribution in [-0.2, 0) is 11.3 Å². The van der Waals surface area contributed by atoms with E-state index >= 15 is 0 Å². The number of likely N-dealkylation sites (N-methyl/N-ethyl adjacent to an activating group) is 1. The maximum absolute atomic E-state index is 13.2. The van der Waals surface area contributed by atoms with Gasteiger partial charge in [-0.15, -0.1) is 0 Å². The molecule has 1 atom stereocenters. The Morgan fingerprint density at radius 1 is 1.14 bits per heavy atom. The normalized spacial score (nSPS) is 16.0. The van der Waals surface area contributed by atoms with E-state index in [-0.39, 0.29) is 11.9 Å². The van der Waals surface area contributed by atoms with E-state index in [2.05, 4.69) is 5.32 Å². The number of nitrogens with one attached hydrogen (secondary N) is 1. The van der Waals surface area contributed by atoms with Gasteiger partial charge in [-0.05, 0) is 68.1 Å². The highest BCUT2D eigenvalue weighted by molar-refractivity contribution is 6.31. The lowest BCUT2D eigenvalue weighted by Crippen LogP contribution is -2.48. The molecule has 0 bridgehead atoms. The van der Waals surface area contributed by atoms with Gasteiger partial charge in [0.2, 0.25) is 5.91 Å². The minimum absolute atomic E-state index is 0.0251. The van der Waals surface area contributed by atoms with Gasteiger partial charge in [0, 0.05) is 35.4 Å². The Bertz CT molecular complexity index is 886. The number of urea groups is 1. The molecule has 0 aliphatic carbocycles. The summed E-state index contributed by atoms with van der Waals surface area (Å²) in [4.78, 5) is 29.5. The van der Waals surface area contributed by atoms with Crippen LogP contribution in [0.3, 0.4) is 0 Å². The minimum Gasteiger partial charge on any atom is -0.337 e. The molecule has 2 aromatic rings. The topological polar surface area (TPSA) is 52.7 Å². The maximum atomic E-state index is 13.2. The van der Waals surface area contributed by atoms with Gasteiger partial charge in [-0.25, -0.2) is 4.79 Å². The van der Waals surface area contributed by atoms with Crippen LogP contribution in [-0.4, -0.2) is 40.9 Å². The third-order valence-electron chi connectivity index (χ3n) is 5.21. The first kappa shape index (κ1) is 21.5. The summed E-state index contributed by atoms with van der Waals surface area (Å²) in [6, 6.07) is 12.1. The van der Waals surface area contributed by atoms with Crippen molar-refractivity contribution in [2.24, 2.45) is 0 Å². The van der Waals surface area contributed by atoms with Crippen LogP contribution in [0.4, 0.5) is 10.5 Å². The number of anilines is 1. The average molecular weight is 434 g/mol. The molecule has 3 rings (SSSR count). The number of nitrogens with zero attached hydrogens (tertiary/aromatic N) is 2. The Morgan fingerprint density at radius 3 is 2.48 bits per heavy atom. The zero-order valence-corrected chi connectivity index (χ0v) is 18.1. The molecule has 7 heteroatoms. The molecular weight excluding hydrogens is 409 g/mol. The second-order valence-electron chi connectivity index (χ2n) is 7.22. The summed E-state index contributed by atoms with van der Waals surface area (Å²) in [5.74, 6) is -0.0251. The van der Waals surface area contributed by atoms with Crippen LogP contribution in [0.1, 0.15) is 30.9 Å². The van der Waals surface area contributed by atoms with Gasteiger partial charge in [0.15, 0.2) is 0 Å². The van der Waals surface area contributed by atoms with Crippen LogP contribution >= 0.6 is 23.2 Å². The van der Waals surface area contributed by atoms with Gasteiger partial charge < -0.3 is 15.1 Å². The standard InChI is InChI=1S/C22H25Cl2N3O2/c1-3-26(14-16-6-8-17(23)9-7-16)21(28)20-5-4-12-27(20)22(29)25-19-11-10-18(24)13-15(19)2/h6-11,13,20H,3-5,12,14H2,1-2H3,(H,25,29)/t20-/m1/s1. The molecule has 29 heavy (non-hydrogen) atoms. The van der Waals surface area contributed by atoms with Crippen molar-refractivity contribution in [1.29, 1.82) is 0 Å². The van der Waals surface area contributed by atoms with E-state index in [1.807, 2.05) is 38.1 Å². The smallest absolute Gasteiger partial charge is 0.322 e. The van der Waals surface area contributed by atoms with Crippen LogP contribution in [0.2, 0.25) is 10.0 Å². The molecule has 1 fully saturated rings. The van der Waals surface area contributed by atoms with Crippen molar-refractivity contribution in [2.75, 3.05) is 18.4 Å². The lowest BCUT2D eigenvalue weighted by atomic mass is 10.1. The van der Waals surface area contributed by atoms with Gasteiger partial charge in [-0.2, -0.15) is 0 Å². The monoisotopic (exact) mass is 433 g/mol. The van der Waals surface area contributed by atoms with Gasteiger partial charge in [0.25, 0.3) is 0 Å². The van der Waals surface area contributed by atoms with Crippen LogP contribution in [0, 0.1) is 6.92 Å². The summed E-state index contributed by atoms with van der Waals surface area (Å²) in [7, 11) is 0. The molecule has 0 unspecified atom stereocenters. The molecule has 0 aromatic heterocycles. The SMILES string of the molecule is CCN(Cc1ccc(Cl)cc1)C(=O)[C@H]1CCCN1C(=O)Nc1ccc(Cl)cc1C. The van der Waals surface area contributed by atoms with E-state index in [1.54, 1.807) is 28.0 Å². The van der Waals surface area contributed by atoms with Crippen molar-refractivity contribution in [1.82, 2.24) is 9.80 Å². The van der Waals surface area contributed by atoms with Gasteiger partial charge >= 0.3 is 6.03 Å². The predicted molar refractivity (Wildman–Crippen MR) is 117 cm³/mol. The molecule has 0 radical (unpaired) electrons. The molecule has 3 amide bonds. The molecular formula is C22H25Cl2N3O2. The predicted octanol–water partition coefficient (Wildman–Crippen LogP) is 5.35. The maximum Gasteiger partial charge on any atom is 0.322 e. The number of carbonyl (C=O) groups excluding carboxylic acids is 2. The molecule has 1 heterocycles. The van der Waals surface area contributed by atoms with E-state index in [0.29, 0.717) is 41.8 Å². The van der Waals surface area contributed by atoms with E-state index < -0.39 is 6.04 Å². The number of benzene rings is 2. The van der Waals surface area contributed by atoms with Gasteiger partial charge in [-0.1, -0.05) is 35.3 Å². The molecule has 0 saturated carbocycles. The number of hydrogen-bond donors (Lipinski definition) is 1. The zero-order valence-electron chi connectivity index (χ0n) is 16.6. The highest BCUT2D eigenvalue weighted by Crippen LogP contribution is 2.24. The lowest BCUT2D eigenvalue weighted by molar-refractivity contribution is -0.135. The summed E-state index contributed by atoms with van der Waals surface area (Å²) >= 11 is 11.9. The Kier molecular flexibility index (Phi) is 7.04. The van der Waals surface area contributed by atoms with Crippen LogP contribution < -0.4 is 5.32 Å². The third kappa shape index (κ3) is 5.22. The first-order valence-electron chi connectivity index (χ1n) is 9.76. The number of carbonyl (C=O) groups is 2. The quantitative estimate of drug-likeness (QED) is 0.690. The average Bonchev–Trinajstić information content (AvgIpc) is 3.19. The first-order valence-corrected chi connectivity index (χ1v) is 10.5. The van der Waals surface area contributed by atoms with Crippen molar-refractivity contribution in [3.8, 4) is 0 Å². The third-order valence-corrected chi connectivity index (χ3v) is 5.70. The van der Waals surface area contributed by atoms with E-state index in [0.717, 1.165) is 17.5 Å². The fourth-order valence-corrected chi connectivity index (χ4v) is 3.94. The Balaban J connectivity index is 1.69. The van der Waals surface area contributed by atoms with E-state index in [4.69, 9.17) is 23.2 Å². The van der Waals surface area contributed by atoms with Crippen molar-refractivity contribution < 1.29 is 9.59 Å². The van der Waals surface area contributed by atoms with Crippen LogP contribution in [0.15, 0.2) is 42.5 Å². The molecule has 1 saturated heterocycles. The summed E-state index contributed by atoms with van der Waals surface area (Å²) in [6.45, 7) is 5.47. The van der Waals surface area contributed by atoms with Crippen LogP contribution in [0.5, 0.6) is 0 Å². The highest BCUT2D eigenvalue weighted by atomic mass is 35.5.